The van der Waals surface area contributed by atoms with Crippen molar-refractivity contribution in [2.45, 2.75) is 39.7 Å². The number of aliphatic imine (C=N–C) groups is 1. The molecule has 7 heteroatoms. The predicted octanol–water partition coefficient (Wildman–Crippen LogP) is 2.47. The molecular formula is C16H30IN5O. The highest BCUT2D eigenvalue weighted by molar-refractivity contribution is 14.0. The number of hydrogen-bond acceptors (Lipinski definition) is 4. The lowest BCUT2D eigenvalue weighted by atomic mass is 9.99. The predicted molar refractivity (Wildman–Crippen MR) is 104 cm³/mol. The minimum absolute atomic E-state index is 0. The Balaban J connectivity index is 0.00000264. The number of nitrogens with one attached hydrogen (secondary N) is 2. The van der Waals surface area contributed by atoms with Gasteiger partial charge >= 0.3 is 0 Å². The monoisotopic (exact) mass is 435 g/mol. The van der Waals surface area contributed by atoms with Gasteiger partial charge in [0.15, 0.2) is 5.96 Å². The van der Waals surface area contributed by atoms with E-state index in [2.05, 4.69) is 39.5 Å². The Morgan fingerprint density at radius 1 is 1.39 bits per heavy atom. The molecule has 1 aliphatic heterocycles. The van der Waals surface area contributed by atoms with Gasteiger partial charge in [0.25, 0.3) is 0 Å². The molecule has 1 saturated heterocycles. The maximum absolute atomic E-state index is 4.81. The van der Waals surface area contributed by atoms with Gasteiger partial charge in [0.05, 0.1) is 6.54 Å². The molecule has 0 radical (unpaired) electrons. The number of aromatic nitrogens is 1. The van der Waals surface area contributed by atoms with Crippen LogP contribution in [0.1, 0.15) is 38.8 Å². The van der Waals surface area contributed by atoms with Crippen molar-refractivity contribution in [3.63, 3.8) is 0 Å². The lowest BCUT2D eigenvalue weighted by Crippen LogP contribution is -2.39. The van der Waals surface area contributed by atoms with Crippen LogP contribution in [-0.2, 0) is 6.54 Å². The van der Waals surface area contributed by atoms with Crippen LogP contribution in [0.4, 0.5) is 0 Å². The number of nitrogens with zero attached hydrogens (tertiary/aromatic N) is 3. The molecule has 1 aromatic rings. The van der Waals surface area contributed by atoms with E-state index >= 15 is 0 Å². The van der Waals surface area contributed by atoms with Crippen LogP contribution in [-0.4, -0.2) is 48.7 Å². The third kappa shape index (κ3) is 8.01. The van der Waals surface area contributed by atoms with E-state index in [-0.39, 0.29) is 24.0 Å². The van der Waals surface area contributed by atoms with Gasteiger partial charge in [-0.3, -0.25) is 0 Å². The maximum Gasteiger partial charge on any atom is 0.191 e. The zero-order valence-electron chi connectivity index (χ0n) is 14.3. The summed E-state index contributed by atoms with van der Waals surface area (Å²) in [5.41, 5.74) is 0.847. The van der Waals surface area contributed by atoms with Crippen molar-refractivity contribution >= 4 is 29.9 Å². The number of piperidine rings is 1. The third-order valence-corrected chi connectivity index (χ3v) is 4.05. The van der Waals surface area contributed by atoms with E-state index in [0.717, 1.165) is 37.1 Å². The molecule has 0 spiro atoms. The largest absolute Gasteiger partial charge is 0.364 e. The second-order valence-corrected chi connectivity index (χ2v) is 5.99. The molecule has 2 N–H and O–H groups in total. The molecule has 132 valence electrons. The van der Waals surface area contributed by atoms with Crippen LogP contribution >= 0.6 is 24.0 Å². The van der Waals surface area contributed by atoms with Crippen LogP contribution in [0, 0.1) is 5.92 Å². The Morgan fingerprint density at radius 2 is 2.17 bits per heavy atom. The molecule has 0 aromatic carbocycles. The fourth-order valence-electron chi connectivity index (χ4n) is 2.62. The summed E-state index contributed by atoms with van der Waals surface area (Å²) < 4.78 is 4.81. The maximum atomic E-state index is 4.81. The molecule has 0 atom stereocenters. The smallest absolute Gasteiger partial charge is 0.191 e. The average Bonchev–Trinajstić information content (AvgIpc) is 3.04. The van der Waals surface area contributed by atoms with Crippen molar-refractivity contribution < 1.29 is 4.52 Å². The number of halogens is 1. The first-order valence-corrected chi connectivity index (χ1v) is 8.41. The van der Waals surface area contributed by atoms with Crippen molar-refractivity contribution in [1.82, 2.24) is 20.7 Å². The highest BCUT2D eigenvalue weighted by Crippen LogP contribution is 2.15. The summed E-state index contributed by atoms with van der Waals surface area (Å²) in [7, 11) is 0. The Morgan fingerprint density at radius 3 is 2.83 bits per heavy atom. The fraction of sp³-hybridized carbons (Fsp3) is 0.750. The van der Waals surface area contributed by atoms with Gasteiger partial charge in [-0.1, -0.05) is 12.1 Å². The zero-order chi connectivity index (χ0) is 15.6. The Hall–Kier alpha value is -0.830. The number of likely N-dealkylation sites (tertiary alicyclic amines) is 1. The van der Waals surface area contributed by atoms with Gasteiger partial charge < -0.3 is 20.1 Å². The normalized spacial score (nSPS) is 16.9. The molecule has 23 heavy (non-hydrogen) atoms. The van der Waals surface area contributed by atoms with E-state index in [1.54, 1.807) is 6.26 Å². The molecule has 1 aliphatic rings. The molecule has 6 nitrogen and oxygen atoms in total. The van der Waals surface area contributed by atoms with E-state index in [1.165, 1.54) is 32.5 Å². The van der Waals surface area contributed by atoms with Gasteiger partial charge in [-0.05, 0) is 51.7 Å². The van der Waals surface area contributed by atoms with Gasteiger partial charge in [-0.25, -0.2) is 4.99 Å². The molecule has 2 heterocycles. The van der Waals surface area contributed by atoms with Gasteiger partial charge in [0.2, 0.25) is 0 Å². The summed E-state index contributed by atoms with van der Waals surface area (Å²) in [4.78, 5) is 7.08. The van der Waals surface area contributed by atoms with Gasteiger partial charge in [0, 0.05) is 19.2 Å². The molecule has 1 fully saturated rings. The van der Waals surface area contributed by atoms with Crippen LogP contribution < -0.4 is 10.6 Å². The number of hydrogen-bond donors (Lipinski definition) is 2. The van der Waals surface area contributed by atoms with Crippen molar-refractivity contribution in [2.24, 2.45) is 10.9 Å². The highest BCUT2D eigenvalue weighted by Gasteiger charge is 2.14. The van der Waals surface area contributed by atoms with E-state index in [0.29, 0.717) is 6.54 Å². The van der Waals surface area contributed by atoms with E-state index in [9.17, 15) is 0 Å². The summed E-state index contributed by atoms with van der Waals surface area (Å²) in [5.74, 6) is 1.75. The fourth-order valence-corrected chi connectivity index (χ4v) is 2.62. The summed E-state index contributed by atoms with van der Waals surface area (Å²) in [6.45, 7) is 10.4. The molecule has 1 aromatic heterocycles. The second-order valence-electron chi connectivity index (χ2n) is 5.99. The highest BCUT2D eigenvalue weighted by atomic mass is 127. The SMILES string of the molecule is CCNC(=NCc1ccon1)NCCCN1CCC(C)CC1.I. The zero-order valence-corrected chi connectivity index (χ0v) is 16.6. The van der Waals surface area contributed by atoms with Crippen LogP contribution in [0.25, 0.3) is 0 Å². The van der Waals surface area contributed by atoms with Crippen molar-refractivity contribution in [2.75, 3.05) is 32.7 Å². The van der Waals surface area contributed by atoms with E-state index in [1.807, 2.05) is 6.07 Å². The molecule has 0 saturated carbocycles. The minimum atomic E-state index is 0. The van der Waals surface area contributed by atoms with E-state index < -0.39 is 0 Å². The summed E-state index contributed by atoms with van der Waals surface area (Å²) >= 11 is 0. The topological polar surface area (TPSA) is 65.7 Å². The first-order chi connectivity index (χ1) is 10.8. The third-order valence-electron chi connectivity index (χ3n) is 4.05. The number of guanidine groups is 1. The van der Waals surface area contributed by atoms with Gasteiger partial charge in [-0.2, -0.15) is 0 Å². The standard InChI is InChI=1S/C16H29N5O.HI/c1-3-17-16(19-13-15-7-12-22-20-15)18-8-4-9-21-10-5-14(2)6-11-21;/h7,12,14H,3-6,8-11,13H2,1-2H3,(H2,17,18,19);1H. The number of rotatable bonds is 7. The van der Waals surface area contributed by atoms with Crippen molar-refractivity contribution in [3.8, 4) is 0 Å². The first kappa shape index (κ1) is 20.2. The Kier molecular flexibility index (Phi) is 10.3. The Bertz CT molecular complexity index is 430. The summed E-state index contributed by atoms with van der Waals surface area (Å²) in [5, 5.41) is 10.5. The van der Waals surface area contributed by atoms with Crippen molar-refractivity contribution in [1.29, 1.82) is 0 Å². The van der Waals surface area contributed by atoms with Crippen LogP contribution in [0.15, 0.2) is 21.8 Å². The first-order valence-electron chi connectivity index (χ1n) is 8.41. The van der Waals surface area contributed by atoms with Crippen LogP contribution in [0.5, 0.6) is 0 Å². The molecule has 0 unspecified atom stereocenters. The molecular weight excluding hydrogens is 405 g/mol. The van der Waals surface area contributed by atoms with Crippen molar-refractivity contribution in [3.05, 3.63) is 18.0 Å². The van der Waals surface area contributed by atoms with Gasteiger partial charge in [0.1, 0.15) is 12.0 Å². The summed E-state index contributed by atoms with van der Waals surface area (Å²) in [6.07, 6.45) is 5.40. The minimum Gasteiger partial charge on any atom is -0.364 e. The quantitative estimate of drug-likeness (QED) is 0.298. The molecule has 2 rings (SSSR count). The Labute approximate surface area is 156 Å². The van der Waals surface area contributed by atoms with Crippen LogP contribution in [0.2, 0.25) is 0 Å². The molecule has 0 aliphatic carbocycles. The lowest BCUT2D eigenvalue weighted by molar-refractivity contribution is 0.191. The van der Waals surface area contributed by atoms with E-state index in [4.69, 9.17) is 4.52 Å². The lowest BCUT2D eigenvalue weighted by Gasteiger charge is -2.30. The van der Waals surface area contributed by atoms with Crippen LogP contribution in [0.3, 0.4) is 0 Å². The second kappa shape index (κ2) is 11.7. The molecule has 0 amide bonds. The van der Waals surface area contributed by atoms with Gasteiger partial charge in [-0.15, -0.1) is 24.0 Å². The average molecular weight is 435 g/mol. The summed E-state index contributed by atoms with van der Waals surface area (Å²) in [6, 6.07) is 1.84. The molecule has 0 bridgehead atoms.